The first-order chi connectivity index (χ1) is 9.63. The Balaban J connectivity index is 2.76. The minimum atomic E-state index is -0.0133. The smallest absolute Gasteiger partial charge is 0.317 e. The van der Waals surface area contributed by atoms with E-state index in [4.69, 9.17) is 0 Å². The SMILES string of the molecule is CCN(C)C(=O)NCC(c1ccccc1)N(CC)CC. The van der Waals surface area contributed by atoms with Crippen molar-refractivity contribution in [3.05, 3.63) is 35.9 Å². The number of hydrogen-bond donors (Lipinski definition) is 1. The molecule has 0 radical (unpaired) electrons. The van der Waals surface area contributed by atoms with Gasteiger partial charge in [-0.15, -0.1) is 0 Å². The Hall–Kier alpha value is -1.55. The highest BCUT2D eigenvalue weighted by molar-refractivity contribution is 5.73. The summed E-state index contributed by atoms with van der Waals surface area (Å²) in [4.78, 5) is 16.0. The van der Waals surface area contributed by atoms with Gasteiger partial charge in [0.1, 0.15) is 0 Å². The Labute approximate surface area is 122 Å². The lowest BCUT2D eigenvalue weighted by atomic mass is 10.1. The van der Waals surface area contributed by atoms with Gasteiger partial charge in [-0.2, -0.15) is 0 Å². The van der Waals surface area contributed by atoms with Gasteiger partial charge in [-0.25, -0.2) is 4.79 Å². The van der Waals surface area contributed by atoms with E-state index in [1.54, 1.807) is 4.90 Å². The number of urea groups is 1. The van der Waals surface area contributed by atoms with Gasteiger partial charge in [0.15, 0.2) is 0 Å². The molecule has 1 aromatic carbocycles. The molecule has 1 N–H and O–H groups in total. The van der Waals surface area contributed by atoms with Crippen LogP contribution in [0, 0.1) is 0 Å². The second-order valence-electron chi connectivity index (χ2n) is 4.85. The van der Waals surface area contributed by atoms with Gasteiger partial charge in [0.05, 0.1) is 6.04 Å². The van der Waals surface area contributed by atoms with Crippen LogP contribution in [0.15, 0.2) is 30.3 Å². The summed E-state index contributed by atoms with van der Waals surface area (Å²) in [5.74, 6) is 0. The van der Waals surface area contributed by atoms with Crippen LogP contribution in [0.3, 0.4) is 0 Å². The first-order valence-corrected chi connectivity index (χ1v) is 7.41. The molecule has 1 rings (SSSR count). The largest absolute Gasteiger partial charge is 0.336 e. The number of nitrogens with zero attached hydrogens (tertiary/aromatic N) is 2. The van der Waals surface area contributed by atoms with Crippen LogP contribution >= 0.6 is 0 Å². The molecule has 0 saturated heterocycles. The van der Waals surface area contributed by atoms with Crippen molar-refractivity contribution < 1.29 is 4.79 Å². The number of carbonyl (C=O) groups is 1. The molecule has 20 heavy (non-hydrogen) atoms. The molecular weight excluding hydrogens is 250 g/mol. The zero-order valence-corrected chi connectivity index (χ0v) is 13.1. The fourth-order valence-electron chi connectivity index (χ4n) is 2.26. The van der Waals surface area contributed by atoms with Crippen molar-refractivity contribution in [2.75, 3.05) is 33.2 Å². The first kappa shape index (κ1) is 16.5. The number of hydrogen-bond acceptors (Lipinski definition) is 2. The number of carbonyl (C=O) groups excluding carboxylic acids is 1. The Morgan fingerprint density at radius 2 is 1.70 bits per heavy atom. The average Bonchev–Trinajstić information content (AvgIpc) is 2.51. The van der Waals surface area contributed by atoms with E-state index in [0.717, 1.165) is 13.1 Å². The third-order valence-electron chi connectivity index (χ3n) is 3.71. The Morgan fingerprint density at radius 1 is 1.10 bits per heavy atom. The number of likely N-dealkylation sites (N-methyl/N-ethyl adjacent to an activating group) is 1. The van der Waals surface area contributed by atoms with Crippen molar-refractivity contribution in [1.82, 2.24) is 15.1 Å². The Bertz CT molecular complexity index is 390. The van der Waals surface area contributed by atoms with Gasteiger partial charge < -0.3 is 10.2 Å². The molecule has 2 amide bonds. The van der Waals surface area contributed by atoms with Gasteiger partial charge >= 0.3 is 6.03 Å². The molecule has 1 unspecified atom stereocenters. The average molecular weight is 277 g/mol. The van der Waals surface area contributed by atoms with Gasteiger partial charge in [0.25, 0.3) is 0 Å². The fourth-order valence-corrected chi connectivity index (χ4v) is 2.26. The molecule has 0 aliphatic carbocycles. The predicted molar refractivity (Wildman–Crippen MR) is 83.8 cm³/mol. The topological polar surface area (TPSA) is 35.6 Å². The molecule has 1 aromatic rings. The van der Waals surface area contributed by atoms with Crippen LogP contribution < -0.4 is 5.32 Å². The van der Waals surface area contributed by atoms with Crippen molar-refractivity contribution in [3.8, 4) is 0 Å². The third-order valence-corrected chi connectivity index (χ3v) is 3.71. The standard InChI is InChI=1S/C16H27N3O/c1-5-18(4)16(20)17-13-15(19(6-2)7-3)14-11-9-8-10-12-14/h8-12,15H,5-7,13H2,1-4H3,(H,17,20). The van der Waals surface area contributed by atoms with E-state index in [9.17, 15) is 4.79 Å². The summed E-state index contributed by atoms with van der Waals surface area (Å²) >= 11 is 0. The minimum Gasteiger partial charge on any atom is -0.336 e. The van der Waals surface area contributed by atoms with Crippen molar-refractivity contribution >= 4 is 6.03 Å². The maximum atomic E-state index is 11.9. The lowest BCUT2D eigenvalue weighted by Crippen LogP contribution is -2.42. The van der Waals surface area contributed by atoms with Crippen LogP contribution in [0.25, 0.3) is 0 Å². The number of amides is 2. The van der Waals surface area contributed by atoms with Gasteiger partial charge in [-0.05, 0) is 25.6 Å². The summed E-state index contributed by atoms with van der Waals surface area (Å²) < 4.78 is 0. The summed E-state index contributed by atoms with van der Waals surface area (Å²) in [5.41, 5.74) is 1.25. The Kier molecular flexibility index (Phi) is 7.09. The molecule has 4 heteroatoms. The highest BCUT2D eigenvalue weighted by Gasteiger charge is 2.19. The van der Waals surface area contributed by atoms with Crippen LogP contribution in [0.4, 0.5) is 4.79 Å². The molecule has 0 aliphatic rings. The molecule has 112 valence electrons. The highest BCUT2D eigenvalue weighted by atomic mass is 16.2. The lowest BCUT2D eigenvalue weighted by molar-refractivity contribution is 0.191. The second kappa shape index (κ2) is 8.59. The second-order valence-corrected chi connectivity index (χ2v) is 4.85. The highest BCUT2D eigenvalue weighted by Crippen LogP contribution is 2.19. The summed E-state index contributed by atoms with van der Waals surface area (Å²) in [5, 5.41) is 3.03. The number of rotatable bonds is 7. The van der Waals surface area contributed by atoms with Gasteiger partial charge in [0, 0.05) is 20.1 Å². The van der Waals surface area contributed by atoms with Crippen LogP contribution in [0.5, 0.6) is 0 Å². The van der Waals surface area contributed by atoms with Crippen molar-refractivity contribution in [3.63, 3.8) is 0 Å². The molecule has 1 atom stereocenters. The van der Waals surface area contributed by atoms with Gasteiger partial charge in [0.2, 0.25) is 0 Å². The van der Waals surface area contributed by atoms with Crippen LogP contribution in [-0.2, 0) is 0 Å². The molecule has 0 aromatic heterocycles. The molecule has 0 spiro atoms. The number of nitrogens with one attached hydrogen (secondary N) is 1. The molecule has 4 nitrogen and oxygen atoms in total. The zero-order chi connectivity index (χ0) is 15.0. The van der Waals surface area contributed by atoms with Gasteiger partial charge in [-0.1, -0.05) is 44.2 Å². The molecular formula is C16H27N3O. The van der Waals surface area contributed by atoms with Crippen LogP contribution in [0.2, 0.25) is 0 Å². The maximum absolute atomic E-state index is 11.9. The maximum Gasteiger partial charge on any atom is 0.317 e. The third kappa shape index (κ3) is 4.53. The van der Waals surface area contributed by atoms with E-state index in [2.05, 4.69) is 36.2 Å². The Morgan fingerprint density at radius 3 is 2.20 bits per heavy atom. The zero-order valence-electron chi connectivity index (χ0n) is 13.1. The van der Waals surface area contributed by atoms with E-state index in [1.165, 1.54) is 5.56 Å². The quantitative estimate of drug-likeness (QED) is 0.832. The minimum absolute atomic E-state index is 0.0133. The van der Waals surface area contributed by atoms with Crippen LogP contribution in [0.1, 0.15) is 32.4 Å². The van der Waals surface area contributed by atoms with E-state index in [0.29, 0.717) is 13.1 Å². The molecule has 0 fully saturated rings. The lowest BCUT2D eigenvalue weighted by Gasteiger charge is -2.31. The van der Waals surface area contributed by atoms with E-state index in [1.807, 2.05) is 32.2 Å². The fraction of sp³-hybridized carbons (Fsp3) is 0.562. The normalized spacial score (nSPS) is 12.2. The molecule has 0 bridgehead atoms. The van der Waals surface area contributed by atoms with E-state index < -0.39 is 0 Å². The van der Waals surface area contributed by atoms with E-state index >= 15 is 0 Å². The summed E-state index contributed by atoms with van der Waals surface area (Å²) in [6.07, 6.45) is 0. The first-order valence-electron chi connectivity index (χ1n) is 7.41. The van der Waals surface area contributed by atoms with Crippen molar-refractivity contribution in [1.29, 1.82) is 0 Å². The predicted octanol–water partition coefficient (Wildman–Crippen LogP) is 2.73. The monoisotopic (exact) mass is 277 g/mol. The molecule has 0 aliphatic heterocycles. The summed E-state index contributed by atoms with van der Waals surface area (Å²) in [7, 11) is 1.81. The van der Waals surface area contributed by atoms with Crippen molar-refractivity contribution in [2.24, 2.45) is 0 Å². The van der Waals surface area contributed by atoms with Crippen LogP contribution in [-0.4, -0.2) is 49.1 Å². The molecule has 0 heterocycles. The number of benzene rings is 1. The summed E-state index contributed by atoms with van der Waals surface area (Å²) in [6, 6.07) is 10.6. The summed E-state index contributed by atoms with van der Waals surface area (Å²) in [6.45, 7) is 9.56. The van der Waals surface area contributed by atoms with Crippen molar-refractivity contribution in [2.45, 2.75) is 26.8 Å². The molecule has 0 saturated carbocycles. The van der Waals surface area contributed by atoms with E-state index in [-0.39, 0.29) is 12.1 Å². The van der Waals surface area contributed by atoms with Gasteiger partial charge in [-0.3, -0.25) is 4.90 Å².